The predicted octanol–water partition coefficient (Wildman–Crippen LogP) is 3.11. The lowest BCUT2D eigenvalue weighted by atomic mass is 10.0. The van der Waals surface area contributed by atoms with E-state index in [0.29, 0.717) is 17.4 Å². The van der Waals surface area contributed by atoms with Crippen LogP contribution in [0.25, 0.3) is 11.0 Å². The third-order valence-electron chi connectivity index (χ3n) is 5.51. The van der Waals surface area contributed by atoms with Gasteiger partial charge in [-0.15, -0.1) is 0 Å². The highest BCUT2D eigenvalue weighted by Gasteiger charge is 2.27. The highest BCUT2D eigenvalue weighted by molar-refractivity contribution is 5.97. The molecule has 2 aliphatic heterocycles. The van der Waals surface area contributed by atoms with Crippen molar-refractivity contribution in [3.05, 3.63) is 23.1 Å². The van der Waals surface area contributed by atoms with Crippen molar-refractivity contribution in [2.45, 2.75) is 46.5 Å². The number of aromatic nitrogens is 3. The molecule has 0 bridgehead atoms. The molecular formula is C20H27N5O. The Bertz CT molecular complexity index is 844. The van der Waals surface area contributed by atoms with Gasteiger partial charge in [0.2, 0.25) is 5.82 Å². The van der Waals surface area contributed by atoms with E-state index < -0.39 is 0 Å². The maximum Gasteiger partial charge on any atom is 0.291 e. The Balaban J connectivity index is 1.81. The van der Waals surface area contributed by atoms with Gasteiger partial charge in [-0.1, -0.05) is 6.92 Å². The van der Waals surface area contributed by atoms with Crippen LogP contribution >= 0.6 is 0 Å². The van der Waals surface area contributed by atoms with Gasteiger partial charge in [-0.25, -0.2) is 15.0 Å². The number of carbonyl (C=O) groups excluding carboxylic acids is 1. The van der Waals surface area contributed by atoms with Gasteiger partial charge in [0.1, 0.15) is 5.82 Å². The van der Waals surface area contributed by atoms with Gasteiger partial charge in [0.05, 0.1) is 5.39 Å². The molecule has 2 saturated heterocycles. The Labute approximate surface area is 154 Å². The van der Waals surface area contributed by atoms with Gasteiger partial charge >= 0.3 is 0 Å². The minimum absolute atomic E-state index is 0.0557. The van der Waals surface area contributed by atoms with Crippen LogP contribution in [-0.2, 0) is 0 Å². The summed E-state index contributed by atoms with van der Waals surface area (Å²) in [5.74, 6) is 1.66. The summed E-state index contributed by atoms with van der Waals surface area (Å²) in [6, 6.07) is 2.07. The summed E-state index contributed by atoms with van der Waals surface area (Å²) in [5, 5.41) is 0.987. The zero-order chi connectivity index (χ0) is 18.3. The van der Waals surface area contributed by atoms with Crippen molar-refractivity contribution < 1.29 is 4.79 Å². The van der Waals surface area contributed by atoms with E-state index in [9.17, 15) is 4.79 Å². The smallest absolute Gasteiger partial charge is 0.291 e. The van der Waals surface area contributed by atoms with Gasteiger partial charge in [0, 0.05) is 31.9 Å². The average Bonchev–Trinajstić information content (AvgIpc) is 3.14. The molecule has 6 heteroatoms. The molecule has 4 rings (SSSR count). The third-order valence-corrected chi connectivity index (χ3v) is 5.51. The van der Waals surface area contributed by atoms with Crippen LogP contribution in [0.15, 0.2) is 6.07 Å². The summed E-state index contributed by atoms with van der Waals surface area (Å²) < 4.78 is 0. The SMILES string of the molecule is Cc1cc(C)c2c(N3CCCC3)nc(C(=O)N3CCCC(C)C3)nc2n1. The molecule has 6 nitrogen and oxygen atoms in total. The van der Waals surface area contributed by atoms with Crippen molar-refractivity contribution in [2.24, 2.45) is 5.92 Å². The van der Waals surface area contributed by atoms with Gasteiger partial charge in [-0.2, -0.15) is 0 Å². The number of likely N-dealkylation sites (tertiary alicyclic amines) is 1. The number of nitrogens with zero attached hydrogens (tertiary/aromatic N) is 5. The molecule has 1 amide bonds. The van der Waals surface area contributed by atoms with E-state index in [1.807, 2.05) is 11.8 Å². The zero-order valence-corrected chi connectivity index (χ0v) is 16.0. The van der Waals surface area contributed by atoms with E-state index in [-0.39, 0.29) is 5.91 Å². The number of piperidine rings is 1. The summed E-state index contributed by atoms with van der Waals surface area (Å²) in [7, 11) is 0. The predicted molar refractivity (Wildman–Crippen MR) is 103 cm³/mol. The summed E-state index contributed by atoms with van der Waals surface area (Å²) in [6.45, 7) is 9.79. The van der Waals surface area contributed by atoms with Crippen LogP contribution in [0.1, 0.15) is 54.5 Å². The van der Waals surface area contributed by atoms with Gasteiger partial charge < -0.3 is 9.80 Å². The second kappa shape index (κ2) is 6.82. The summed E-state index contributed by atoms with van der Waals surface area (Å²) in [6.07, 6.45) is 4.56. The molecule has 2 aromatic rings. The number of rotatable bonds is 2. The Kier molecular flexibility index (Phi) is 4.51. The fraction of sp³-hybridized carbons (Fsp3) is 0.600. The second-order valence-electron chi connectivity index (χ2n) is 7.84. The molecule has 0 aromatic carbocycles. The monoisotopic (exact) mass is 353 g/mol. The fourth-order valence-electron chi connectivity index (χ4n) is 4.22. The van der Waals surface area contributed by atoms with Gasteiger partial charge in [-0.3, -0.25) is 4.79 Å². The van der Waals surface area contributed by atoms with Gasteiger partial charge in [0.15, 0.2) is 5.65 Å². The Hall–Kier alpha value is -2.24. The normalized spacial score (nSPS) is 20.8. The molecule has 26 heavy (non-hydrogen) atoms. The number of amides is 1. The lowest BCUT2D eigenvalue weighted by Gasteiger charge is -2.30. The molecule has 0 saturated carbocycles. The van der Waals surface area contributed by atoms with Crippen molar-refractivity contribution in [1.29, 1.82) is 0 Å². The molecule has 138 valence electrons. The lowest BCUT2D eigenvalue weighted by molar-refractivity contribution is 0.0671. The number of carbonyl (C=O) groups is 1. The van der Waals surface area contributed by atoms with E-state index in [1.165, 1.54) is 6.42 Å². The van der Waals surface area contributed by atoms with Gasteiger partial charge in [0.25, 0.3) is 5.91 Å². The van der Waals surface area contributed by atoms with E-state index >= 15 is 0 Å². The molecule has 0 spiro atoms. The Morgan fingerprint density at radius 3 is 2.58 bits per heavy atom. The van der Waals surface area contributed by atoms with E-state index in [2.05, 4.69) is 34.8 Å². The number of hydrogen-bond donors (Lipinski definition) is 0. The van der Waals surface area contributed by atoms with Crippen molar-refractivity contribution in [1.82, 2.24) is 19.9 Å². The molecule has 2 fully saturated rings. The summed E-state index contributed by atoms with van der Waals surface area (Å²) >= 11 is 0. The molecule has 0 aliphatic carbocycles. The van der Waals surface area contributed by atoms with Crippen LogP contribution < -0.4 is 4.90 Å². The van der Waals surface area contributed by atoms with E-state index in [1.54, 1.807) is 0 Å². The van der Waals surface area contributed by atoms with Crippen LogP contribution in [0.4, 0.5) is 5.82 Å². The van der Waals surface area contributed by atoms with Crippen LogP contribution in [0.5, 0.6) is 0 Å². The third kappa shape index (κ3) is 3.13. The van der Waals surface area contributed by atoms with Crippen molar-refractivity contribution in [3.8, 4) is 0 Å². The quantitative estimate of drug-likeness (QED) is 0.830. The standard InChI is InChI=1S/C20H27N5O/c1-13-7-6-10-25(12-13)20(26)18-22-17-16(14(2)11-15(3)21-17)19(23-18)24-8-4-5-9-24/h11,13H,4-10,12H2,1-3H3. The molecule has 2 aromatic heterocycles. The minimum atomic E-state index is -0.0557. The first kappa shape index (κ1) is 17.2. The number of aryl methyl sites for hydroxylation is 2. The largest absolute Gasteiger partial charge is 0.356 e. The Morgan fingerprint density at radius 2 is 1.85 bits per heavy atom. The molecule has 1 atom stereocenters. The van der Waals surface area contributed by atoms with E-state index in [0.717, 1.165) is 67.9 Å². The number of anilines is 1. The van der Waals surface area contributed by atoms with Gasteiger partial charge in [-0.05, 0) is 57.1 Å². The lowest BCUT2D eigenvalue weighted by Crippen LogP contribution is -2.40. The highest BCUT2D eigenvalue weighted by Crippen LogP contribution is 2.29. The summed E-state index contributed by atoms with van der Waals surface area (Å²) in [4.78, 5) is 31.2. The van der Waals surface area contributed by atoms with Crippen LogP contribution in [-0.4, -0.2) is 51.9 Å². The average molecular weight is 353 g/mol. The first-order valence-corrected chi connectivity index (χ1v) is 9.73. The minimum Gasteiger partial charge on any atom is -0.356 e. The first-order chi connectivity index (χ1) is 12.5. The molecular weight excluding hydrogens is 326 g/mol. The van der Waals surface area contributed by atoms with Crippen LogP contribution in [0.2, 0.25) is 0 Å². The zero-order valence-electron chi connectivity index (χ0n) is 16.0. The van der Waals surface area contributed by atoms with E-state index in [4.69, 9.17) is 4.98 Å². The van der Waals surface area contributed by atoms with Crippen molar-refractivity contribution >= 4 is 22.8 Å². The molecule has 0 radical (unpaired) electrons. The van der Waals surface area contributed by atoms with Crippen molar-refractivity contribution in [3.63, 3.8) is 0 Å². The van der Waals surface area contributed by atoms with Crippen LogP contribution in [0.3, 0.4) is 0 Å². The number of hydrogen-bond acceptors (Lipinski definition) is 5. The second-order valence-corrected chi connectivity index (χ2v) is 7.84. The number of pyridine rings is 1. The molecule has 4 heterocycles. The Morgan fingerprint density at radius 1 is 1.08 bits per heavy atom. The maximum absolute atomic E-state index is 13.1. The highest BCUT2D eigenvalue weighted by atomic mass is 16.2. The van der Waals surface area contributed by atoms with Crippen molar-refractivity contribution in [2.75, 3.05) is 31.1 Å². The maximum atomic E-state index is 13.1. The summed E-state index contributed by atoms with van der Waals surface area (Å²) in [5.41, 5.74) is 2.69. The van der Waals surface area contributed by atoms with Crippen LogP contribution in [0, 0.1) is 19.8 Å². The molecule has 0 N–H and O–H groups in total. The topological polar surface area (TPSA) is 62.2 Å². The molecule has 2 aliphatic rings. The fourth-order valence-corrected chi connectivity index (χ4v) is 4.22. The first-order valence-electron chi connectivity index (χ1n) is 9.73. The molecule has 1 unspecified atom stereocenters. The number of fused-ring (bicyclic) bond motifs is 1.